The highest BCUT2D eigenvalue weighted by Gasteiger charge is 2.15. The zero-order chi connectivity index (χ0) is 20.8. The lowest BCUT2D eigenvalue weighted by Gasteiger charge is -2.04. The van der Waals surface area contributed by atoms with Crippen LogP contribution in [0.25, 0.3) is 10.4 Å². The lowest BCUT2D eigenvalue weighted by atomic mass is 10.1. The van der Waals surface area contributed by atoms with Crippen LogP contribution in [0.1, 0.15) is 22.2 Å². The number of carbonyl (C=O) groups excluding carboxylic acids is 1. The van der Waals surface area contributed by atoms with Crippen molar-refractivity contribution in [3.63, 3.8) is 0 Å². The van der Waals surface area contributed by atoms with Crippen molar-refractivity contribution in [3.8, 4) is 21.9 Å². The zero-order valence-electron chi connectivity index (χ0n) is 16.6. The van der Waals surface area contributed by atoms with Gasteiger partial charge in [-0.2, -0.15) is 5.10 Å². The number of nitrogens with two attached hydrogens (primary N) is 1. The van der Waals surface area contributed by atoms with Crippen molar-refractivity contribution in [2.24, 2.45) is 5.10 Å². The number of hydrogen-bond donors (Lipinski definition) is 2. The maximum absolute atomic E-state index is 12.5. The monoisotopic (exact) mass is 409 g/mol. The molecular formula is C22H23N3O3S. The number of nitrogens with zero attached hydrogens (tertiary/aromatic N) is 1. The molecule has 3 N–H and O–H groups in total. The normalized spacial score (nSPS) is 11.2. The molecular weight excluding hydrogens is 386 g/mol. The van der Waals surface area contributed by atoms with Gasteiger partial charge in [-0.1, -0.05) is 12.1 Å². The Morgan fingerprint density at radius 1 is 1.03 bits per heavy atom. The van der Waals surface area contributed by atoms with E-state index >= 15 is 0 Å². The first-order valence-corrected chi connectivity index (χ1v) is 9.82. The summed E-state index contributed by atoms with van der Waals surface area (Å²) in [7, 11) is 3.26. The van der Waals surface area contributed by atoms with E-state index in [2.05, 4.69) is 10.5 Å². The van der Waals surface area contributed by atoms with Gasteiger partial charge in [0.25, 0.3) is 5.91 Å². The topological polar surface area (TPSA) is 85.9 Å². The van der Waals surface area contributed by atoms with Crippen LogP contribution in [-0.4, -0.2) is 25.8 Å². The molecule has 150 valence electrons. The summed E-state index contributed by atoms with van der Waals surface area (Å²) < 4.78 is 10.3. The standard InChI is InChI=1S/C22H23N3O3S/c1-14(12-15-4-8-17(27-2)9-5-15)24-25-22(26)21-19(23)13-20(29-21)16-6-10-18(28-3)11-7-16/h4-11,13H,12,23H2,1-3H3,(H,25,26)/b24-14-. The van der Waals surface area contributed by atoms with Crippen LogP contribution in [0, 0.1) is 0 Å². The van der Waals surface area contributed by atoms with E-state index in [9.17, 15) is 4.79 Å². The van der Waals surface area contributed by atoms with E-state index in [0.29, 0.717) is 17.0 Å². The van der Waals surface area contributed by atoms with Gasteiger partial charge in [-0.25, -0.2) is 5.43 Å². The number of anilines is 1. The second-order valence-corrected chi connectivity index (χ2v) is 7.49. The lowest BCUT2D eigenvalue weighted by molar-refractivity contribution is 0.0959. The Morgan fingerprint density at radius 2 is 1.62 bits per heavy atom. The maximum atomic E-state index is 12.5. The number of nitrogens with one attached hydrogen (secondary N) is 1. The molecule has 29 heavy (non-hydrogen) atoms. The number of methoxy groups -OCH3 is 2. The minimum absolute atomic E-state index is 0.318. The van der Waals surface area contributed by atoms with Gasteiger partial charge < -0.3 is 15.2 Å². The number of amides is 1. The van der Waals surface area contributed by atoms with Gasteiger partial charge in [-0.05, 0) is 60.5 Å². The molecule has 0 unspecified atom stereocenters. The van der Waals surface area contributed by atoms with E-state index in [4.69, 9.17) is 15.2 Å². The van der Waals surface area contributed by atoms with Crippen molar-refractivity contribution in [1.29, 1.82) is 0 Å². The molecule has 0 aliphatic carbocycles. The van der Waals surface area contributed by atoms with Crippen LogP contribution in [-0.2, 0) is 6.42 Å². The molecule has 0 aliphatic heterocycles. The van der Waals surface area contributed by atoms with Gasteiger partial charge >= 0.3 is 0 Å². The molecule has 0 spiro atoms. The summed E-state index contributed by atoms with van der Waals surface area (Å²) in [5.74, 6) is 1.26. The summed E-state index contributed by atoms with van der Waals surface area (Å²) >= 11 is 1.33. The first-order valence-electron chi connectivity index (χ1n) is 9.00. The number of thiophene rings is 1. The Labute approximate surface area is 174 Å². The van der Waals surface area contributed by atoms with E-state index in [0.717, 1.165) is 33.2 Å². The molecule has 2 aromatic carbocycles. The van der Waals surface area contributed by atoms with E-state index in [-0.39, 0.29) is 5.91 Å². The fourth-order valence-corrected chi connectivity index (χ4v) is 3.73. The SMILES string of the molecule is COc1ccc(C/C(C)=N\NC(=O)c2sc(-c3ccc(OC)cc3)cc2N)cc1. The molecule has 3 rings (SSSR count). The van der Waals surface area contributed by atoms with Crippen LogP contribution >= 0.6 is 11.3 Å². The first-order chi connectivity index (χ1) is 14.0. The summed E-state index contributed by atoms with van der Waals surface area (Å²) in [6.45, 7) is 1.87. The average molecular weight is 410 g/mol. The van der Waals surface area contributed by atoms with Gasteiger partial charge in [0.2, 0.25) is 0 Å². The number of rotatable bonds is 7. The number of ether oxygens (including phenoxy) is 2. The fourth-order valence-electron chi connectivity index (χ4n) is 2.76. The van der Waals surface area contributed by atoms with Crippen molar-refractivity contribution in [2.75, 3.05) is 20.0 Å². The Morgan fingerprint density at radius 3 is 2.21 bits per heavy atom. The summed E-state index contributed by atoms with van der Waals surface area (Å²) in [5, 5.41) is 4.20. The van der Waals surface area contributed by atoms with Crippen molar-refractivity contribution < 1.29 is 14.3 Å². The van der Waals surface area contributed by atoms with Gasteiger partial charge in [-0.3, -0.25) is 4.79 Å². The largest absolute Gasteiger partial charge is 0.497 e. The highest BCUT2D eigenvalue weighted by molar-refractivity contribution is 7.18. The van der Waals surface area contributed by atoms with E-state index < -0.39 is 0 Å². The third-order valence-electron chi connectivity index (χ3n) is 4.31. The predicted octanol–water partition coefficient (Wildman–Crippen LogP) is 4.36. The third-order valence-corrected chi connectivity index (χ3v) is 5.51. The molecule has 1 amide bonds. The molecule has 0 radical (unpaired) electrons. The van der Waals surface area contributed by atoms with Gasteiger partial charge in [0.15, 0.2) is 0 Å². The minimum Gasteiger partial charge on any atom is -0.497 e. The van der Waals surface area contributed by atoms with Crippen molar-refractivity contribution in [2.45, 2.75) is 13.3 Å². The number of hydrogen-bond acceptors (Lipinski definition) is 6. The average Bonchev–Trinajstić information content (AvgIpc) is 3.14. The molecule has 6 nitrogen and oxygen atoms in total. The molecule has 0 aliphatic rings. The van der Waals surface area contributed by atoms with Gasteiger partial charge in [0, 0.05) is 17.0 Å². The van der Waals surface area contributed by atoms with Gasteiger partial charge in [-0.15, -0.1) is 11.3 Å². The summed E-state index contributed by atoms with van der Waals surface area (Å²) in [6, 6.07) is 17.1. The lowest BCUT2D eigenvalue weighted by Crippen LogP contribution is -2.19. The van der Waals surface area contributed by atoms with Crippen molar-refractivity contribution >= 4 is 28.6 Å². The van der Waals surface area contributed by atoms with Gasteiger partial charge in [0.1, 0.15) is 16.4 Å². The van der Waals surface area contributed by atoms with Crippen molar-refractivity contribution in [3.05, 3.63) is 65.0 Å². The van der Waals surface area contributed by atoms with Crippen LogP contribution in [0.5, 0.6) is 11.5 Å². The van der Waals surface area contributed by atoms with Gasteiger partial charge in [0.05, 0.1) is 19.9 Å². The Kier molecular flexibility index (Phi) is 6.51. The summed E-state index contributed by atoms with van der Waals surface area (Å²) in [4.78, 5) is 13.9. The number of nitrogen functional groups attached to an aromatic ring is 1. The van der Waals surface area contributed by atoms with Crippen LogP contribution < -0.4 is 20.6 Å². The fraction of sp³-hybridized carbons (Fsp3) is 0.182. The predicted molar refractivity (Wildman–Crippen MR) is 118 cm³/mol. The molecule has 1 aromatic heterocycles. The molecule has 1 heterocycles. The molecule has 7 heteroatoms. The highest BCUT2D eigenvalue weighted by Crippen LogP contribution is 2.34. The molecule has 0 atom stereocenters. The summed E-state index contributed by atoms with van der Waals surface area (Å²) in [6.07, 6.45) is 0.626. The molecule has 0 bridgehead atoms. The van der Waals surface area contributed by atoms with Crippen LogP contribution in [0.2, 0.25) is 0 Å². The first kappa shape index (κ1) is 20.4. The van der Waals surface area contributed by atoms with E-state index in [1.54, 1.807) is 20.3 Å². The minimum atomic E-state index is -0.318. The molecule has 0 fully saturated rings. The smallest absolute Gasteiger partial charge is 0.283 e. The second kappa shape index (κ2) is 9.25. The second-order valence-electron chi connectivity index (χ2n) is 6.44. The molecule has 0 saturated carbocycles. The van der Waals surface area contributed by atoms with E-state index in [1.807, 2.05) is 55.5 Å². The third kappa shape index (κ3) is 5.14. The van der Waals surface area contributed by atoms with Crippen molar-refractivity contribution in [1.82, 2.24) is 5.43 Å². The Bertz CT molecular complexity index is 1010. The maximum Gasteiger partial charge on any atom is 0.283 e. The molecule has 3 aromatic rings. The summed E-state index contributed by atoms with van der Waals surface area (Å²) in [5.41, 5.74) is 11.9. The van der Waals surface area contributed by atoms with E-state index in [1.165, 1.54) is 11.3 Å². The number of hydrazone groups is 1. The zero-order valence-corrected chi connectivity index (χ0v) is 17.4. The Hall–Kier alpha value is -3.32. The molecule has 0 saturated heterocycles. The van der Waals surface area contributed by atoms with Crippen LogP contribution in [0.3, 0.4) is 0 Å². The number of benzene rings is 2. The quantitative estimate of drug-likeness (QED) is 0.448. The number of carbonyl (C=O) groups is 1. The highest BCUT2D eigenvalue weighted by atomic mass is 32.1. The van der Waals surface area contributed by atoms with Crippen LogP contribution in [0.4, 0.5) is 5.69 Å². The van der Waals surface area contributed by atoms with Crippen LogP contribution in [0.15, 0.2) is 59.7 Å². The Balaban J connectivity index is 1.66.